The number of aryl methyl sites for hydroxylation is 1. The molecule has 1 aliphatic rings. The molecular weight excluding hydrogens is 288 g/mol. The van der Waals surface area contributed by atoms with Crippen LogP contribution in [0.2, 0.25) is 0 Å². The number of hydrogen-bond acceptors (Lipinski definition) is 5. The minimum atomic E-state index is 0.525. The van der Waals surface area contributed by atoms with Crippen LogP contribution in [0.3, 0.4) is 0 Å². The average Bonchev–Trinajstić information content (AvgIpc) is 2.98. The molecule has 5 nitrogen and oxygen atoms in total. The summed E-state index contributed by atoms with van der Waals surface area (Å²) in [6.45, 7) is 5.64. The Labute approximate surface area is 137 Å². The third-order valence-corrected chi connectivity index (χ3v) is 4.07. The Hall–Kier alpha value is -1.98. The molecule has 122 valence electrons. The molecule has 5 heteroatoms. The number of aromatic nitrogens is 2. The van der Waals surface area contributed by atoms with Crippen molar-refractivity contribution in [2.24, 2.45) is 0 Å². The number of nitrogens with one attached hydrogen (secondary N) is 1. The van der Waals surface area contributed by atoms with Crippen LogP contribution in [0, 0.1) is 6.92 Å². The van der Waals surface area contributed by atoms with Gasteiger partial charge in [0.1, 0.15) is 0 Å². The number of benzene rings is 1. The molecule has 0 spiro atoms. The largest absolute Gasteiger partial charge is 0.340 e. The lowest BCUT2D eigenvalue weighted by molar-refractivity contribution is 0.180. The van der Waals surface area contributed by atoms with Gasteiger partial charge in [0.25, 0.3) is 0 Å². The van der Waals surface area contributed by atoms with E-state index in [4.69, 9.17) is 4.52 Å². The number of piperidine rings is 1. The molecular formula is C18H24N4O. The van der Waals surface area contributed by atoms with E-state index in [1.807, 2.05) is 13.0 Å². The van der Waals surface area contributed by atoms with Crippen molar-refractivity contribution in [2.45, 2.75) is 32.4 Å². The quantitative estimate of drug-likeness (QED) is 0.888. The summed E-state index contributed by atoms with van der Waals surface area (Å²) < 4.78 is 5.04. The highest BCUT2D eigenvalue weighted by atomic mass is 16.5. The van der Waals surface area contributed by atoms with E-state index in [0.717, 1.165) is 32.0 Å². The van der Waals surface area contributed by atoms with E-state index in [1.165, 1.54) is 18.4 Å². The maximum Gasteiger partial charge on any atom is 0.223 e. The molecule has 1 atom stereocenters. The minimum absolute atomic E-state index is 0.525. The summed E-state index contributed by atoms with van der Waals surface area (Å²) in [7, 11) is 0. The Morgan fingerprint density at radius 3 is 3.00 bits per heavy atom. The second-order valence-corrected chi connectivity index (χ2v) is 6.03. The molecule has 2 aromatic rings. The molecule has 0 amide bonds. The van der Waals surface area contributed by atoms with Gasteiger partial charge >= 0.3 is 0 Å². The number of likely N-dealkylation sites (tertiary alicyclic amines) is 1. The lowest BCUT2D eigenvalue weighted by atomic mass is 10.1. The molecule has 1 aromatic carbocycles. The van der Waals surface area contributed by atoms with Gasteiger partial charge in [0, 0.05) is 26.1 Å². The molecule has 0 aliphatic carbocycles. The smallest absolute Gasteiger partial charge is 0.223 e. The summed E-state index contributed by atoms with van der Waals surface area (Å²) >= 11 is 0. The summed E-state index contributed by atoms with van der Waals surface area (Å²) in [4.78, 5) is 6.68. The Bertz CT molecular complexity index is 623. The SMILES string of the molecule is Cc1nc(CN2CCC[C@H](NC/C=C\c3ccccc3)C2)no1. The molecule has 1 aliphatic heterocycles. The molecule has 0 radical (unpaired) electrons. The van der Waals surface area contributed by atoms with E-state index in [2.05, 4.69) is 56.8 Å². The maximum atomic E-state index is 5.04. The summed E-state index contributed by atoms with van der Waals surface area (Å²) in [5.41, 5.74) is 1.24. The Balaban J connectivity index is 1.42. The van der Waals surface area contributed by atoms with Crippen LogP contribution in [-0.2, 0) is 6.54 Å². The average molecular weight is 312 g/mol. The summed E-state index contributed by atoms with van der Waals surface area (Å²) in [6.07, 6.45) is 6.78. The van der Waals surface area contributed by atoms with Crippen molar-refractivity contribution in [3.8, 4) is 0 Å². The van der Waals surface area contributed by atoms with Gasteiger partial charge in [0.15, 0.2) is 5.82 Å². The van der Waals surface area contributed by atoms with Gasteiger partial charge < -0.3 is 9.84 Å². The van der Waals surface area contributed by atoms with Crippen LogP contribution in [0.25, 0.3) is 6.08 Å². The Kier molecular flexibility index (Phi) is 5.56. The van der Waals surface area contributed by atoms with E-state index in [-0.39, 0.29) is 0 Å². The third-order valence-electron chi connectivity index (χ3n) is 4.07. The van der Waals surface area contributed by atoms with Crippen molar-refractivity contribution < 1.29 is 4.52 Å². The normalized spacial score (nSPS) is 19.4. The van der Waals surface area contributed by atoms with E-state index in [9.17, 15) is 0 Å². The molecule has 0 unspecified atom stereocenters. The van der Waals surface area contributed by atoms with Gasteiger partial charge in [0.2, 0.25) is 5.89 Å². The zero-order valence-corrected chi connectivity index (χ0v) is 13.6. The molecule has 23 heavy (non-hydrogen) atoms. The highest BCUT2D eigenvalue weighted by Crippen LogP contribution is 2.12. The van der Waals surface area contributed by atoms with Gasteiger partial charge in [-0.3, -0.25) is 4.90 Å². The van der Waals surface area contributed by atoms with E-state index >= 15 is 0 Å². The molecule has 2 heterocycles. The van der Waals surface area contributed by atoms with Gasteiger partial charge in [-0.25, -0.2) is 0 Å². The fourth-order valence-corrected chi connectivity index (χ4v) is 2.97. The summed E-state index contributed by atoms with van der Waals surface area (Å²) in [5, 5.41) is 7.60. The third kappa shape index (κ3) is 5.01. The second kappa shape index (κ2) is 8.04. The van der Waals surface area contributed by atoms with E-state index < -0.39 is 0 Å². The first kappa shape index (κ1) is 15.9. The number of hydrogen-bond donors (Lipinski definition) is 1. The summed E-state index contributed by atoms with van der Waals surface area (Å²) in [6, 6.07) is 10.9. The first-order chi connectivity index (χ1) is 11.3. The standard InChI is InChI=1S/C18H24N4O/c1-15-20-18(21-23-15)14-22-12-6-10-17(13-22)19-11-5-9-16-7-3-2-4-8-16/h2-5,7-9,17,19H,6,10-14H2,1H3/b9-5-/t17-/m0/s1. The van der Waals surface area contributed by atoms with Crippen molar-refractivity contribution in [1.29, 1.82) is 0 Å². The maximum absolute atomic E-state index is 5.04. The Morgan fingerprint density at radius 1 is 1.35 bits per heavy atom. The molecule has 3 rings (SSSR count). The second-order valence-electron chi connectivity index (χ2n) is 6.03. The predicted molar refractivity (Wildman–Crippen MR) is 90.8 cm³/mol. The van der Waals surface area contributed by atoms with Crippen LogP contribution in [0.4, 0.5) is 0 Å². The van der Waals surface area contributed by atoms with Crippen LogP contribution in [0.5, 0.6) is 0 Å². The molecule has 0 bridgehead atoms. The molecule has 1 aromatic heterocycles. The van der Waals surface area contributed by atoms with Crippen molar-refractivity contribution in [3.05, 3.63) is 53.7 Å². The first-order valence-electron chi connectivity index (χ1n) is 8.26. The highest BCUT2D eigenvalue weighted by Gasteiger charge is 2.20. The van der Waals surface area contributed by atoms with Crippen molar-refractivity contribution in [3.63, 3.8) is 0 Å². The zero-order chi connectivity index (χ0) is 15.9. The lowest BCUT2D eigenvalue weighted by Gasteiger charge is -2.32. The van der Waals surface area contributed by atoms with Crippen LogP contribution in [0.1, 0.15) is 30.1 Å². The molecule has 1 fully saturated rings. The molecule has 1 N–H and O–H groups in total. The highest BCUT2D eigenvalue weighted by molar-refractivity contribution is 5.48. The van der Waals surface area contributed by atoms with Crippen LogP contribution >= 0.6 is 0 Å². The first-order valence-corrected chi connectivity index (χ1v) is 8.26. The molecule has 0 saturated carbocycles. The minimum Gasteiger partial charge on any atom is -0.340 e. The topological polar surface area (TPSA) is 54.2 Å². The van der Waals surface area contributed by atoms with E-state index in [1.54, 1.807) is 0 Å². The lowest BCUT2D eigenvalue weighted by Crippen LogP contribution is -2.45. The number of nitrogens with zero attached hydrogens (tertiary/aromatic N) is 3. The van der Waals surface area contributed by atoms with Gasteiger partial charge in [0.05, 0.1) is 6.54 Å². The monoisotopic (exact) mass is 312 g/mol. The van der Waals surface area contributed by atoms with Crippen LogP contribution in [-0.4, -0.2) is 40.7 Å². The van der Waals surface area contributed by atoms with Gasteiger partial charge in [-0.05, 0) is 24.9 Å². The fourth-order valence-electron chi connectivity index (χ4n) is 2.97. The van der Waals surface area contributed by atoms with E-state index in [0.29, 0.717) is 11.9 Å². The fraction of sp³-hybridized carbons (Fsp3) is 0.444. The summed E-state index contributed by atoms with van der Waals surface area (Å²) in [5.74, 6) is 1.42. The van der Waals surface area contributed by atoms with Crippen molar-refractivity contribution >= 4 is 6.08 Å². The van der Waals surface area contributed by atoms with Crippen molar-refractivity contribution in [2.75, 3.05) is 19.6 Å². The van der Waals surface area contributed by atoms with Crippen LogP contribution in [0.15, 0.2) is 40.9 Å². The van der Waals surface area contributed by atoms with Crippen LogP contribution < -0.4 is 5.32 Å². The number of rotatable bonds is 6. The molecule has 1 saturated heterocycles. The van der Waals surface area contributed by atoms with Gasteiger partial charge in [-0.2, -0.15) is 4.98 Å². The van der Waals surface area contributed by atoms with Crippen molar-refractivity contribution in [1.82, 2.24) is 20.4 Å². The zero-order valence-electron chi connectivity index (χ0n) is 13.6. The van der Waals surface area contributed by atoms with Gasteiger partial charge in [-0.1, -0.05) is 47.6 Å². The predicted octanol–water partition coefficient (Wildman–Crippen LogP) is 2.65. The Morgan fingerprint density at radius 2 is 2.22 bits per heavy atom. The van der Waals surface area contributed by atoms with Gasteiger partial charge in [-0.15, -0.1) is 0 Å².